The normalized spacial score (nSPS) is 15.0. The van der Waals surface area contributed by atoms with Gasteiger partial charge in [0, 0.05) is 25.3 Å². The summed E-state index contributed by atoms with van der Waals surface area (Å²) in [5, 5.41) is 6.44. The lowest BCUT2D eigenvalue weighted by molar-refractivity contribution is 0.477. The summed E-state index contributed by atoms with van der Waals surface area (Å²) in [5.41, 5.74) is 1.60. The van der Waals surface area contributed by atoms with Crippen molar-refractivity contribution in [2.24, 2.45) is 0 Å². The monoisotopic (exact) mass is 393 g/mol. The lowest BCUT2D eigenvalue weighted by atomic mass is 10.2. The van der Waals surface area contributed by atoms with Gasteiger partial charge in [-0.25, -0.2) is 12.8 Å². The Kier molecular flexibility index (Phi) is 5.85. The second kappa shape index (κ2) is 8.11. The smallest absolute Gasteiger partial charge is 0.243 e. The largest absolute Gasteiger partial charge is 0.358 e. The van der Waals surface area contributed by atoms with Crippen LogP contribution >= 0.6 is 12.2 Å². The number of nitrogens with zero attached hydrogens (tertiary/aromatic N) is 1. The van der Waals surface area contributed by atoms with Crippen molar-refractivity contribution in [3.63, 3.8) is 0 Å². The SMILES string of the molecule is O=S(=O)(c1ccc(NC(=S)NCc2ccc(F)cc2)cc1)N1CCCC1. The maximum atomic E-state index is 12.9. The molecule has 0 spiro atoms. The third-order valence-corrected chi connectivity index (χ3v) is 6.34. The van der Waals surface area contributed by atoms with Gasteiger partial charge in [0.25, 0.3) is 0 Å². The molecule has 1 aliphatic rings. The van der Waals surface area contributed by atoms with Crippen LogP contribution in [0.25, 0.3) is 0 Å². The number of hydrogen-bond donors (Lipinski definition) is 2. The van der Waals surface area contributed by atoms with Crippen LogP contribution in [0.1, 0.15) is 18.4 Å². The van der Waals surface area contributed by atoms with E-state index in [9.17, 15) is 12.8 Å². The van der Waals surface area contributed by atoms with Gasteiger partial charge in [-0.3, -0.25) is 0 Å². The Labute approximate surface area is 158 Å². The highest BCUT2D eigenvalue weighted by Crippen LogP contribution is 2.22. The molecule has 138 valence electrons. The molecule has 8 heteroatoms. The molecule has 0 aliphatic carbocycles. The fourth-order valence-corrected chi connectivity index (χ4v) is 4.45. The highest BCUT2D eigenvalue weighted by Gasteiger charge is 2.26. The first-order valence-electron chi connectivity index (χ1n) is 8.35. The maximum Gasteiger partial charge on any atom is 0.243 e. The molecule has 0 atom stereocenters. The van der Waals surface area contributed by atoms with Crippen molar-refractivity contribution in [3.8, 4) is 0 Å². The zero-order valence-corrected chi connectivity index (χ0v) is 15.7. The molecule has 0 amide bonds. The molecule has 2 N–H and O–H groups in total. The number of rotatable bonds is 5. The third-order valence-electron chi connectivity index (χ3n) is 4.18. The van der Waals surface area contributed by atoms with Crippen molar-refractivity contribution < 1.29 is 12.8 Å². The van der Waals surface area contributed by atoms with E-state index in [1.165, 1.54) is 16.4 Å². The molecular formula is C18H20FN3O2S2. The van der Waals surface area contributed by atoms with Gasteiger partial charge in [0.15, 0.2) is 5.11 Å². The van der Waals surface area contributed by atoms with Crippen LogP contribution in [0.15, 0.2) is 53.4 Å². The fourth-order valence-electron chi connectivity index (χ4n) is 2.75. The maximum absolute atomic E-state index is 12.9. The van der Waals surface area contributed by atoms with Gasteiger partial charge in [-0.05, 0) is 67.0 Å². The van der Waals surface area contributed by atoms with Gasteiger partial charge in [0.05, 0.1) is 4.90 Å². The van der Waals surface area contributed by atoms with Crippen LogP contribution in [0, 0.1) is 5.82 Å². The molecule has 1 heterocycles. The molecule has 0 unspecified atom stereocenters. The van der Waals surface area contributed by atoms with Crippen molar-refractivity contribution in [2.45, 2.75) is 24.3 Å². The number of hydrogen-bond acceptors (Lipinski definition) is 3. The highest BCUT2D eigenvalue weighted by atomic mass is 32.2. The lowest BCUT2D eigenvalue weighted by Gasteiger charge is -2.16. The van der Waals surface area contributed by atoms with Gasteiger partial charge < -0.3 is 10.6 Å². The van der Waals surface area contributed by atoms with Crippen molar-refractivity contribution in [1.29, 1.82) is 0 Å². The highest BCUT2D eigenvalue weighted by molar-refractivity contribution is 7.89. The van der Waals surface area contributed by atoms with Gasteiger partial charge in [-0.2, -0.15) is 4.31 Å². The Morgan fingerprint density at radius 3 is 2.27 bits per heavy atom. The van der Waals surface area contributed by atoms with Gasteiger partial charge >= 0.3 is 0 Å². The number of nitrogens with one attached hydrogen (secondary N) is 2. The molecule has 0 bridgehead atoms. The second-order valence-corrected chi connectivity index (χ2v) is 8.42. The van der Waals surface area contributed by atoms with Crippen molar-refractivity contribution >= 4 is 33.0 Å². The van der Waals surface area contributed by atoms with E-state index in [0.29, 0.717) is 30.4 Å². The number of sulfonamides is 1. The van der Waals surface area contributed by atoms with E-state index in [0.717, 1.165) is 18.4 Å². The number of benzene rings is 2. The van der Waals surface area contributed by atoms with Crippen LogP contribution in [0.5, 0.6) is 0 Å². The van der Waals surface area contributed by atoms with Gasteiger partial charge in [0.1, 0.15) is 5.82 Å². The molecule has 0 aromatic heterocycles. The molecule has 0 saturated carbocycles. The predicted molar refractivity (Wildman–Crippen MR) is 104 cm³/mol. The fraction of sp³-hybridized carbons (Fsp3) is 0.278. The van der Waals surface area contributed by atoms with Gasteiger partial charge in [-0.15, -0.1) is 0 Å². The average Bonchev–Trinajstić information content (AvgIpc) is 3.17. The minimum Gasteiger partial charge on any atom is -0.358 e. The Hall–Kier alpha value is -2.03. The number of halogens is 1. The van der Waals surface area contributed by atoms with Crippen molar-refractivity contribution in [1.82, 2.24) is 9.62 Å². The first kappa shape index (κ1) is 18.8. The standard InChI is InChI=1S/C18H20FN3O2S2/c19-15-5-3-14(4-6-15)13-20-18(25)21-16-7-9-17(10-8-16)26(23,24)22-11-1-2-12-22/h3-10H,1-2,11-13H2,(H2,20,21,25). The molecule has 26 heavy (non-hydrogen) atoms. The summed E-state index contributed by atoms with van der Waals surface area (Å²) >= 11 is 5.23. The average molecular weight is 394 g/mol. The first-order valence-corrected chi connectivity index (χ1v) is 10.2. The zero-order chi connectivity index (χ0) is 18.6. The Morgan fingerprint density at radius 1 is 1.04 bits per heavy atom. The van der Waals surface area contributed by atoms with Gasteiger partial charge in [-0.1, -0.05) is 12.1 Å². The van der Waals surface area contributed by atoms with E-state index in [2.05, 4.69) is 10.6 Å². The molecule has 1 aliphatic heterocycles. The summed E-state index contributed by atoms with van der Waals surface area (Å²) < 4.78 is 39.4. The summed E-state index contributed by atoms with van der Waals surface area (Å²) in [7, 11) is -3.41. The molecular weight excluding hydrogens is 373 g/mol. The molecule has 1 fully saturated rings. The van der Waals surface area contributed by atoms with E-state index in [1.54, 1.807) is 36.4 Å². The van der Waals surface area contributed by atoms with Crippen molar-refractivity contribution in [2.75, 3.05) is 18.4 Å². The summed E-state index contributed by atoms with van der Waals surface area (Å²) in [5.74, 6) is -0.279. The van der Waals surface area contributed by atoms with Crippen LogP contribution in [-0.4, -0.2) is 30.9 Å². The van der Waals surface area contributed by atoms with Crippen LogP contribution in [0.4, 0.5) is 10.1 Å². The molecule has 3 rings (SSSR count). The number of thiocarbonyl (C=S) groups is 1. The Balaban J connectivity index is 1.56. The zero-order valence-electron chi connectivity index (χ0n) is 14.1. The second-order valence-electron chi connectivity index (χ2n) is 6.07. The lowest BCUT2D eigenvalue weighted by Crippen LogP contribution is -2.28. The van der Waals surface area contributed by atoms with Crippen LogP contribution in [0.2, 0.25) is 0 Å². The summed E-state index contributed by atoms with van der Waals surface area (Å²) in [6, 6.07) is 12.7. The third kappa shape index (κ3) is 4.57. The summed E-state index contributed by atoms with van der Waals surface area (Å²) in [4.78, 5) is 0.287. The Bertz CT molecular complexity index is 862. The molecule has 0 radical (unpaired) electrons. The van der Waals surface area contributed by atoms with E-state index >= 15 is 0 Å². The van der Waals surface area contributed by atoms with Crippen LogP contribution in [0.3, 0.4) is 0 Å². The van der Waals surface area contributed by atoms with E-state index in [4.69, 9.17) is 12.2 Å². The quantitative estimate of drug-likeness (QED) is 0.765. The first-order chi connectivity index (χ1) is 12.4. The predicted octanol–water partition coefficient (Wildman–Crippen LogP) is 3.10. The molecule has 5 nitrogen and oxygen atoms in total. The van der Waals surface area contributed by atoms with E-state index < -0.39 is 10.0 Å². The number of anilines is 1. The molecule has 2 aromatic carbocycles. The summed E-state index contributed by atoms with van der Waals surface area (Å²) in [6.45, 7) is 1.63. The van der Waals surface area contributed by atoms with E-state index in [-0.39, 0.29) is 10.7 Å². The minimum absolute atomic E-state index is 0.279. The van der Waals surface area contributed by atoms with Crippen LogP contribution < -0.4 is 10.6 Å². The van der Waals surface area contributed by atoms with E-state index in [1.807, 2.05) is 0 Å². The Morgan fingerprint density at radius 2 is 1.65 bits per heavy atom. The van der Waals surface area contributed by atoms with Crippen molar-refractivity contribution in [3.05, 3.63) is 59.9 Å². The van der Waals surface area contributed by atoms with Crippen LogP contribution in [-0.2, 0) is 16.6 Å². The molecule has 1 saturated heterocycles. The summed E-state index contributed by atoms with van der Waals surface area (Å²) in [6.07, 6.45) is 1.82. The van der Waals surface area contributed by atoms with Gasteiger partial charge in [0.2, 0.25) is 10.0 Å². The molecule has 2 aromatic rings. The minimum atomic E-state index is -3.41. The topological polar surface area (TPSA) is 61.4 Å².